The number of nitrogens with two attached hydrogens (primary N) is 1. The first-order chi connectivity index (χ1) is 7.52. The van der Waals surface area contributed by atoms with Gasteiger partial charge in [0.15, 0.2) is 0 Å². The Bertz CT molecular complexity index is 266. The molecule has 1 aliphatic rings. The van der Waals surface area contributed by atoms with Crippen molar-refractivity contribution in [3.05, 3.63) is 0 Å². The monoisotopic (exact) mass is 227 g/mol. The van der Waals surface area contributed by atoms with Crippen molar-refractivity contribution in [3.63, 3.8) is 0 Å². The maximum absolute atomic E-state index is 11.7. The van der Waals surface area contributed by atoms with Gasteiger partial charge in [0.05, 0.1) is 6.04 Å². The van der Waals surface area contributed by atoms with Gasteiger partial charge < -0.3 is 16.4 Å². The van der Waals surface area contributed by atoms with Gasteiger partial charge in [-0.25, -0.2) is 0 Å². The molecule has 0 spiro atoms. The number of rotatable bonds is 3. The first kappa shape index (κ1) is 13.0. The van der Waals surface area contributed by atoms with Crippen LogP contribution < -0.4 is 16.4 Å². The molecule has 2 unspecified atom stereocenters. The highest BCUT2D eigenvalue weighted by molar-refractivity contribution is 5.89. The number of amides is 2. The molecule has 4 N–H and O–H groups in total. The van der Waals surface area contributed by atoms with Gasteiger partial charge in [0.2, 0.25) is 11.8 Å². The maximum atomic E-state index is 11.7. The zero-order valence-electron chi connectivity index (χ0n) is 9.95. The fourth-order valence-corrected chi connectivity index (χ4v) is 1.65. The molecule has 0 aromatic carbocycles. The van der Waals surface area contributed by atoms with Crippen LogP contribution in [0.5, 0.6) is 0 Å². The number of hydrogen-bond donors (Lipinski definition) is 3. The molecule has 0 bridgehead atoms. The fourth-order valence-electron chi connectivity index (χ4n) is 1.65. The van der Waals surface area contributed by atoms with Gasteiger partial charge in [-0.05, 0) is 25.2 Å². The summed E-state index contributed by atoms with van der Waals surface area (Å²) in [5.41, 5.74) is 5.72. The first-order valence-electron chi connectivity index (χ1n) is 5.86. The molecule has 5 nitrogen and oxygen atoms in total. The predicted octanol–water partition coefficient (Wildman–Crippen LogP) is -0.245. The molecular weight excluding hydrogens is 206 g/mol. The van der Waals surface area contributed by atoms with Crippen LogP contribution in [0, 0.1) is 5.92 Å². The Balaban J connectivity index is 2.51. The number of nitrogens with one attached hydrogen (secondary N) is 2. The molecule has 1 aliphatic heterocycles. The first-order valence-corrected chi connectivity index (χ1v) is 5.86. The van der Waals surface area contributed by atoms with Gasteiger partial charge in [-0.15, -0.1) is 0 Å². The van der Waals surface area contributed by atoms with Gasteiger partial charge in [-0.3, -0.25) is 9.59 Å². The van der Waals surface area contributed by atoms with E-state index < -0.39 is 12.1 Å². The summed E-state index contributed by atoms with van der Waals surface area (Å²) in [6, 6.07) is -0.962. The molecule has 16 heavy (non-hydrogen) atoms. The zero-order chi connectivity index (χ0) is 12.1. The van der Waals surface area contributed by atoms with Crippen LogP contribution >= 0.6 is 0 Å². The molecule has 0 aromatic rings. The fraction of sp³-hybridized carbons (Fsp3) is 0.818. The van der Waals surface area contributed by atoms with Crippen molar-refractivity contribution < 1.29 is 9.59 Å². The van der Waals surface area contributed by atoms with Crippen molar-refractivity contribution in [1.29, 1.82) is 0 Å². The van der Waals surface area contributed by atoms with E-state index >= 15 is 0 Å². The third kappa shape index (κ3) is 3.48. The van der Waals surface area contributed by atoms with Crippen molar-refractivity contribution in [3.8, 4) is 0 Å². The third-order valence-corrected chi connectivity index (χ3v) is 2.87. The molecule has 1 rings (SSSR count). The summed E-state index contributed by atoms with van der Waals surface area (Å²) in [6.07, 6.45) is 2.61. The highest BCUT2D eigenvalue weighted by Crippen LogP contribution is 2.06. The van der Waals surface area contributed by atoms with E-state index in [2.05, 4.69) is 10.6 Å². The second-order valence-corrected chi connectivity index (χ2v) is 4.62. The Morgan fingerprint density at radius 2 is 2.19 bits per heavy atom. The predicted molar refractivity (Wildman–Crippen MR) is 61.6 cm³/mol. The van der Waals surface area contributed by atoms with Gasteiger partial charge in [-0.1, -0.05) is 13.8 Å². The molecular formula is C11H21N3O2. The Hall–Kier alpha value is -1.10. The summed E-state index contributed by atoms with van der Waals surface area (Å²) in [6.45, 7) is 4.47. The SMILES string of the molecule is CC(C)C(N)C(=O)NC1CCCCNC1=O. The molecule has 92 valence electrons. The highest BCUT2D eigenvalue weighted by atomic mass is 16.2. The van der Waals surface area contributed by atoms with Crippen molar-refractivity contribution in [2.75, 3.05) is 6.54 Å². The van der Waals surface area contributed by atoms with Crippen LogP contribution in [-0.2, 0) is 9.59 Å². The van der Waals surface area contributed by atoms with Crippen molar-refractivity contribution in [2.24, 2.45) is 11.7 Å². The van der Waals surface area contributed by atoms with Crippen molar-refractivity contribution in [2.45, 2.75) is 45.2 Å². The van der Waals surface area contributed by atoms with E-state index in [4.69, 9.17) is 5.73 Å². The Morgan fingerprint density at radius 3 is 2.81 bits per heavy atom. The second-order valence-electron chi connectivity index (χ2n) is 4.62. The molecule has 0 radical (unpaired) electrons. The molecule has 1 heterocycles. The van der Waals surface area contributed by atoms with Crippen LogP contribution in [0.3, 0.4) is 0 Å². The summed E-state index contributed by atoms with van der Waals surface area (Å²) in [4.78, 5) is 23.3. The Morgan fingerprint density at radius 1 is 1.50 bits per heavy atom. The largest absolute Gasteiger partial charge is 0.354 e. The molecule has 0 aromatic heterocycles. The van der Waals surface area contributed by atoms with Gasteiger partial charge in [-0.2, -0.15) is 0 Å². The normalized spacial score (nSPS) is 23.5. The summed E-state index contributed by atoms with van der Waals surface area (Å²) in [5.74, 6) is -0.257. The Labute approximate surface area is 96.1 Å². The minimum absolute atomic E-state index is 0.0776. The van der Waals surface area contributed by atoms with E-state index in [0.717, 1.165) is 12.8 Å². The molecule has 5 heteroatoms. The van der Waals surface area contributed by atoms with E-state index in [-0.39, 0.29) is 17.7 Å². The molecule has 2 atom stereocenters. The lowest BCUT2D eigenvalue weighted by molar-refractivity contribution is -0.130. The molecule has 1 saturated heterocycles. The van der Waals surface area contributed by atoms with E-state index in [1.54, 1.807) is 0 Å². The topological polar surface area (TPSA) is 84.2 Å². The van der Waals surface area contributed by atoms with Crippen LogP contribution in [0.2, 0.25) is 0 Å². The highest BCUT2D eigenvalue weighted by Gasteiger charge is 2.25. The van der Waals surface area contributed by atoms with E-state index in [9.17, 15) is 9.59 Å². The van der Waals surface area contributed by atoms with Gasteiger partial charge in [0, 0.05) is 6.54 Å². The minimum atomic E-state index is -0.545. The van der Waals surface area contributed by atoms with Gasteiger partial charge in [0.1, 0.15) is 6.04 Å². The second kappa shape index (κ2) is 5.84. The standard InChI is InChI=1S/C11H21N3O2/c1-7(2)9(12)11(16)14-8-5-3-4-6-13-10(8)15/h7-9H,3-6,12H2,1-2H3,(H,13,15)(H,14,16). The quantitative estimate of drug-likeness (QED) is 0.622. The lowest BCUT2D eigenvalue weighted by atomic mass is 10.0. The summed E-state index contributed by atoms with van der Waals surface area (Å²) < 4.78 is 0. The van der Waals surface area contributed by atoms with Crippen molar-refractivity contribution in [1.82, 2.24) is 10.6 Å². The third-order valence-electron chi connectivity index (χ3n) is 2.87. The van der Waals surface area contributed by atoms with Crippen molar-refractivity contribution >= 4 is 11.8 Å². The molecule has 2 amide bonds. The Kier molecular flexibility index (Phi) is 4.73. The van der Waals surface area contributed by atoms with Crippen LogP contribution in [0.25, 0.3) is 0 Å². The van der Waals surface area contributed by atoms with Crippen LogP contribution in [0.4, 0.5) is 0 Å². The summed E-state index contributed by atoms with van der Waals surface area (Å²) in [7, 11) is 0. The molecule has 0 aliphatic carbocycles. The average Bonchev–Trinajstić information content (AvgIpc) is 2.43. The smallest absolute Gasteiger partial charge is 0.242 e. The number of hydrogen-bond acceptors (Lipinski definition) is 3. The lowest BCUT2D eigenvalue weighted by Crippen LogP contribution is -2.52. The van der Waals surface area contributed by atoms with Gasteiger partial charge >= 0.3 is 0 Å². The van der Waals surface area contributed by atoms with Crippen LogP contribution in [0.15, 0.2) is 0 Å². The van der Waals surface area contributed by atoms with Gasteiger partial charge in [0.25, 0.3) is 0 Å². The van der Waals surface area contributed by atoms with Crippen LogP contribution in [-0.4, -0.2) is 30.4 Å². The molecule has 0 saturated carbocycles. The average molecular weight is 227 g/mol. The van der Waals surface area contributed by atoms with E-state index in [1.807, 2.05) is 13.8 Å². The summed E-state index contributed by atoms with van der Waals surface area (Å²) >= 11 is 0. The van der Waals surface area contributed by atoms with E-state index in [0.29, 0.717) is 13.0 Å². The lowest BCUT2D eigenvalue weighted by Gasteiger charge is -2.20. The van der Waals surface area contributed by atoms with E-state index in [1.165, 1.54) is 0 Å². The zero-order valence-corrected chi connectivity index (χ0v) is 9.95. The molecule has 1 fully saturated rings. The van der Waals surface area contributed by atoms with Crippen LogP contribution in [0.1, 0.15) is 33.1 Å². The maximum Gasteiger partial charge on any atom is 0.242 e. The number of carbonyl (C=O) groups excluding carboxylic acids is 2. The minimum Gasteiger partial charge on any atom is -0.354 e. The summed E-state index contributed by atoms with van der Waals surface area (Å²) in [5, 5.41) is 5.49. The number of carbonyl (C=O) groups is 2.